The third-order valence-electron chi connectivity index (χ3n) is 6.71. The summed E-state index contributed by atoms with van der Waals surface area (Å²) < 4.78 is 39.6. The number of ether oxygens (including phenoxy) is 2. The molecule has 11 heteroatoms. The minimum absolute atomic E-state index is 0.0381. The van der Waals surface area contributed by atoms with E-state index in [0.717, 1.165) is 9.87 Å². The Labute approximate surface area is 247 Å². The van der Waals surface area contributed by atoms with Crippen molar-refractivity contribution in [2.24, 2.45) is 0 Å². The number of hydrogen-bond donors (Lipinski definition) is 1. The highest BCUT2D eigenvalue weighted by atomic mass is 35.5. The van der Waals surface area contributed by atoms with Crippen molar-refractivity contribution < 1.29 is 27.5 Å². The summed E-state index contributed by atoms with van der Waals surface area (Å²) in [6.07, 6.45) is 0.714. The van der Waals surface area contributed by atoms with Gasteiger partial charge in [-0.2, -0.15) is 0 Å². The fourth-order valence-corrected chi connectivity index (χ4v) is 5.61. The summed E-state index contributed by atoms with van der Waals surface area (Å²) in [5.41, 5.74) is 0.912. The standard InChI is InChI=1S/C30H36ClN3O6S/c1-6-21(2)32-30(36)22(3)33(19-23-11-13-24(31)14-12-23)29(35)20-34(27-9-7-8-10-28(27)40-5)41(37,38)26-17-15-25(39-4)16-18-26/h7-18,21-22H,6,19-20H2,1-5H3,(H,32,36)/t21-,22-/m0/s1. The number of carbonyl (C=O) groups is 2. The third-order valence-corrected chi connectivity index (χ3v) is 8.74. The van der Waals surface area contributed by atoms with E-state index in [1.807, 2.05) is 13.8 Å². The Hall–Kier alpha value is -3.76. The number of nitrogens with one attached hydrogen (secondary N) is 1. The summed E-state index contributed by atoms with van der Waals surface area (Å²) in [7, 11) is -1.35. The second-order valence-electron chi connectivity index (χ2n) is 9.50. The number of amides is 2. The zero-order valence-electron chi connectivity index (χ0n) is 23.8. The normalized spacial score (nSPS) is 12.6. The van der Waals surface area contributed by atoms with Crippen molar-refractivity contribution in [3.8, 4) is 11.5 Å². The molecule has 0 aliphatic carbocycles. The molecule has 2 atom stereocenters. The molecule has 0 bridgehead atoms. The van der Waals surface area contributed by atoms with Gasteiger partial charge in [0, 0.05) is 17.6 Å². The molecule has 3 aromatic rings. The summed E-state index contributed by atoms with van der Waals surface area (Å²) in [6, 6.07) is 18.3. The van der Waals surface area contributed by atoms with E-state index in [1.165, 1.54) is 43.4 Å². The molecule has 2 amide bonds. The highest BCUT2D eigenvalue weighted by Gasteiger charge is 2.34. The predicted molar refractivity (Wildman–Crippen MR) is 160 cm³/mol. The summed E-state index contributed by atoms with van der Waals surface area (Å²) in [5.74, 6) is -0.165. The molecule has 9 nitrogen and oxygen atoms in total. The number of anilines is 1. The van der Waals surface area contributed by atoms with Crippen LogP contribution in [0.25, 0.3) is 0 Å². The van der Waals surface area contributed by atoms with Crippen LogP contribution in [-0.2, 0) is 26.2 Å². The number of nitrogens with zero attached hydrogens (tertiary/aromatic N) is 2. The molecule has 0 unspecified atom stereocenters. The van der Waals surface area contributed by atoms with Crippen LogP contribution in [0.1, 0.15) is 32.8 Å². The van der Waals surface area contributed by atoms with Crippen molar-refractivity contribution in [2.75, 3.05) is 25.1 Å². The van der Waals surface area contributed by atoms with Gasteiger partial charge in [-0.05, 0) is 74.4 Å². The Morgan fingerprint density at radius 3 is 2.15 bits per heavy atom. The molecule has 0 saturated heterocycles. The zero-order chi connectivity index (χ0) is 30.2. The second-order valence-corrected chi connectivity index (χ2v) is 11.8. The largest absolute Gasteiger partial charge is 0.497 e. The summed E-state index contributed by atoms with van der Waals surface area (Å²) in [4.78, 5) is 28.5. The molecule has 0 aliphatic rings. The summed E-state index contributed by atoms with van der Waals surface area (Å²) in [5, 5.41) is 3.44. The lowest BCUT2D eigenvalue weighted by Gasteiger charge is -2.32. The van der Waals surface area contributed by atoms with Crippen LogP contribution < -0.4 is 19.1 Å². The van der Waals surface area contributed by atoms with Crippen molar-refractivity contribution in [1.82, 2.24) is 10.2 Å². The topological polar surface area (TPSA) is 105 Å². The monoisotopic (exact) mass is 601 g/mol. The van der Waals surface area contributed by atoms with E-state index in [9.17, 15) is 18.0 Å². The van der Waals surface area contributed by atoms with E-state index in [4.69, 9.17) is 21.1 Å². The number of sulfonamides is 1. The van der Waals surface area contributed by atoms with Gasteiger partial charge in [-0.25, -0.2) is 8.42 Å². The molecule has 0 spiro atoms. The molecule has 3 rings (SSSR count). The van der Waals surface area contributed by atoms with Crippen LogP contribution in [0.4, 0.5) is 5.69 Å². The first-order chi connectivity index (χ1) is 19.5. The van der Waals surface area contributed by atoms with Crippen LogP contribution in [0, 0.1) is 0 Å². The Morgan fingerprint density at radius 2 is 1.56 bits per heavy atom. The lowest BCUT2D eigenvalue weighted by atomic mass is 10.1. The Morgan fingerprint density at radius 1 is 0.927 bits per heavy atom. The molecule has 0 radical (unpaired) electrons. The zero-order valence-corrected chi connectivity index (χ0v) is 25.4. The summed E-state index contributed by atoms with van der Waals surface area (Å²) in [6.45, 7) is 4.93. The van der Waals surface area contributed by atoms with Crippen molar-refractivity contribution in [3.63, 3.8) is 0 Å². The third kappa shape index (κ3) is 7.92. The fourth-order valence-electron chi connectivity index (χ4n) is 4.06. The van der Waals surface area contributed by atoms with E-state index in [1.54, 1.807) is 55.5 Å². The van der Waals surface area contributed by atoms with Gasteiger partial charge in [0.25, 0.3) is 10.0 Å². The van der Waals surface area contributed by atoms with Crippen molar-refractivity contribution >= 4 is 39.1 Å². The number of methoxy groups -OCH3 is 2. The van der Waals surface area contributed by atoms with Crippen LogP contribution >= 0.6 is 11.6 Å². The maximum Gasteiger partial charge on any atom is 0.264 e. The molecule has 3 aromatic carbocycles. The number of para-hydroxylation sites is 2. The first kappa shape index (κ1) is 31.8. The molecule has 0 saturated carbocycles. The quantitative estimate of drug-likeness (QED) is 0.299. The van der Waals surface area contributed by atoms with Gasteiger partial charge in [-0.15, -0.1) is 0 Å². The number of halogens is 1. The Balaban J connectivity index is 2.06. The highest BCUT2D eigenvalue weighted by Crippen LogP contribution is 2.33. The smallest absolute Gasteiger partial charge is 0.264 e. The van der Waals surface area contributed by atoms with Gasteiger partial charge in [0.1, 0.15) is 24.1 Å². The minimum atomic E-state index is -4.26. The molecule has 0 aliphatic heterocycles. The van der Waals surface area contributed by atoms with E-state index < -0.39 is 28.5 Å². The molecular weight excluding hydrogens is 566 g/mol. The van der Waals surface area contributed by atoms with E-state index in [0.29, 0.717) is 17.2 Å². The molecule has 1 N–H and O–H groups in total. The van der Waals surface area contributed by atoms with Gasteiger partial charge in [-0.3, -0.25) is 13.9 Å². The second kappa shape index (κ2) is 14.2. The number of rotatable bonds is 13. The highest BCUT2D eigenvalue weighted by molar-refractivity contribution is 7.92. The maximum absolute atomic E-state index is 14.0. The molecule has 220 valence electrons. The number of carbonyl (C=O) groups excluding carboxylic acids is 2. The van der Waals surface area contributed by atoms with Crippen LogP contribution in [-0.4, -0.2) is 58.0 Å². The van der Waals surface area contributed by atoms with Gasteiger partial charge >= 0.3 is 0 Å². The molecular formula is C30H36ClN3O6S. The average molecular weight is 602 g/mol. The summed E-state index contributed by atoms with van der Waals surface area (Å²) >= 11 is 6.05. The van der Waals surface area contributed by atoms with Crippen LogP contribution in [0.3, 0.4) is 0 Å². The van der Waals surface area contributed by atoms with Crippen LogP contribution in [0.2, 0.25) is 5.02 Å². The van der Waals surface area contributed by atoms with Gasteiger partial charge in [0.05, 0.1) is 24.8 Å². The molecule has 0 fully saturated rings. The van der Waals surface area contributed by atoms with Crippen molar-refractivity contribution in [1.29, 1.82) is 0 Å². The lowest BCUT2D eigenvalue weighted by molar-refractivity contribution is -0.139. The number of benzene rings is 3. The first-order valence-corrected chi connectivity index (χ1v) is 15.0. The van der Waals surface area contributed by atoms with Gasteiger partial charge in [-0.1, -0.05) is 42.8 Å². The molecule has 0 aromatic heterocycles. The predicted octanol–water partition coefficient (Wildman–Crippen LogP) is 4.88. The van der Waals surface area contributed by atoms with E-state index >= 15 is 0 Å². The lowest BCUT2D eigenvalue weighted by Crippen LogP contribution is -2.52. The molecule has 0 heterocycles. The SMILES string of the molecule is CC[C@H](C)NC(=O)[C@H](C)N(Cc1ccc(Cl)cc1)C(=O)CN(c1ccccc1OC)S(=O)(=O)c1ccc(OC)cc1. The Bertz CT molecular complexity index is 1430. The Kier molecular flexibility index (Phi) is 11.0. The number of hydrogen-bond acceptors (Lipinski definition) is 6. The minimum Gasteiger partial charge on any atom is -0.497 e. The average Bonchev–Trinajstić information content (AvgIpc) is 2.98. The first-order valence-electron chi connectivity index (χ1n) is 13.2. The fraction of sp³-hybridized carbons (Fsp3) is 0.333. The van der Waals surface area contributed by atoms with E-state index in [2.05, 4.69) is 5.32 Å². The maximum atomic E-state index is 14.0. The van der Waals surface area contributed by atoms with Crippen molar-refractivity contribution in [3.05, 3.63) is 83.4 Å². The van der Waals surface area contributed by atoms with Crippen molar-refractivity contribution in [2.45, 2.75) is 50.7 Å². The van der Waals surface area contributed by atoms with Gasteiger partial charge in [0.2, 0.25) is 11.8 Å². The van der Waals surface area contributed by atoms with Crippen LogP contribution in [0.15, 0.2) is 77.7 Å². The van der Waals surface area contributed by atoms with Crippen LogP contribution in [0.5, 0.6) is 11.5 Å². The van der Waals surface area contributed by atoms with Gasteiger partial charge < -0.3 is 19.7 Å². The molecule has 41 heavy (non-hydrogen) atoms. The van der Waals surface area contributed by atoms with Gasteiger partial charge in [0.15, 0.2) is 0 Å². The van der Waals surface area contributed by atoms with E-state index in [-0.39, 0.29) is 34.8 Å².